The highest BCUT2D eigenvalue weighted by Gasteiger charge is 2.33. The number of benzene rings is 1. The minimum Gasteiger partial charge on any atom is -0.463 e. The quantitative estimate of drug-likeness (QED) is 0.182. The molecule has 0 spiro atoms. The van der Waals surface area contributed by atoms with Gasteiger partial charge < -0.3 is 9.47 Å². The van der Waals surface area contributed by atoms with E-state index in [-0.39, 0.29) is 23.8 Å². The van der Waals surface area contributed by atoms with E-state index in [1.807, 2.05) is 30.3 Å². The van der Waals surface area contributed by atoms with Crippen LogP contribution in [0.1, 0.15) is 58.4 Å². The molecule has 1 aliphatic heterocycles. The fraction of sp³-hybridized carbons (Fsp3) is 0.577. The smallest absolute Gasteiger partial charge is 0.335 e. The summed E-state index contributed by atoms with van der Waals surface area (Å²) in [4.78, 5) is 27.4. The van der Waals surface area contributed by atoms with Crippen molar-refractivity contribution in [2.24, 2.45) is 16.9 Å². The fourth-order valence-corrected chi connectivity index (χ4v) is 4.32. The Morgan fingerprint density at radius 1 is 1.15 bits per heavy atom. The van der Waals surface area contributed by atoms with Gasteiger partial charge in [-0.25, -0.2) is 4.79 Å². The molecule has 2 aliphatic rings. The van der Waals surface area contributed by atoms with Gasteiger partial charge in [0.2, 0.25) is 5.91 Å². The highest BCUT2D eigenvalue weighted by atomic mass is 16.5. The second-order valence-electron chi connectivity index (χ2n) is 9.07. The summed E-state index contributed by atoms with van der Waals surface area (Å²) >= 11 is 0. The van der Waals surface area contributed by atoms with E-state index in [2.05, 4.69) is 12.0 Å². The van der Waals surface area contributed by atoms with Gasteiger partial charge in [-0.3, -0.25) is 14.7 Å². The molecular weight excluding hydrogens is 418 g/mol. The first kappa shape index (κ1) is 25.0. The maximum absolute atomic E-state index is 13.4. The first-order chi connectivity index (χ1) is 16.0. The lowest BCUT2D eigenvalue weighted by atomic mass is 9.82. The van der Waals surface area contributed by atoms with Crippen LogP contribution in [0.5, 0.6) is 0 Å². The van der Waals surface area contributed by atoms with Gasteiger partial charge in [-0.2, -0.15) is 5.10 Å². The van der Waals surface area contributed by atoms with Crippen molar-refractivity contribution in [1.29, 1.82) is 0 Å². The number of esters is 1. The van der Waals surface area contributed by atoms with Crippen molar-refractivity contribution < 1.29 is 19.1 Å². The third-order valence-corrected chi connectivity index (χ3v) is 6.37. The monoisotopic (exact) mass is 455 g/mol. The average molecular weight is 456 g/mol. The van der Waals surface area contributed by atoms with Crippen LogP contribution in [0.2, 0.25) is 0 Å². The van der Waals surface area contributed by atoms with Crippen molar-refractivity contribution in [2.45, 2.75) is 65.5 Å². The van der Waals surface area contributed by atoms with Gasteiger partial charge in [0.15, 0.2) is 0 Å². The fourth-order valence-electron chi connectivity index (χ4n) is 4.32. The third kappa shape index (κ3) is 7.42. The molecule has 180 valence electrons. The van der Waals surface area contributed by atoms with Crippen molar-refractivity contribution in [3.8, 4) is 0 Å². The van der Waals surface area contributed by atoms with E-state index in [1.165, 1.54) is 0 Å². The molecule has 0 radical (unpaired) electrons. The molecule has 1 saturated carbocycles. The molecule has 3 rings (SSSR count). The van der Waals surface area contributed by atoms with Crippen molar-refractivity contribution in [2.75, 3.05) is 19.8 Å². The lowest BCUT2D eigenvalue weighted by Gasteiger charge is -2.32. The predicted octanol–water partition coefficient (Wildman–Crippen LogP) is 4.34. The second-order valence-corrected chi connectivity index (χ2v) is 9.07. The molecule has 1 aliphatic carbocycles. The molecule has 0 N–H and O–H groups in total. The van der Waals surface area contributed by atoms with Crippen LogP contribution in [-0.4, -0.2) is 54.0 Å². The summed E-state index contributed by atoms with van der Waals surface area (Å²) < 4.78 is 10.7. The SMILES string of the molecule is CCOC(=O)/C(C)=C/N(Cc1ccccc1)/N=C/N(C(=O)C1CCC(C)CC1)[C@H]1CCOC1. The summed E-state index contributed by atoms with van der Waals surface area (Å²) in [6.07, 6.45) is 8.14. The molecule has 1 aromatic carbocycles. The number of nitrogens with zero attached hydrogens (tertiary/aromatic N) is 3. The Labute approximate surface area is 197 Å². The Morgan fingerprint density at radius 2 is 1.88 bits per heavy atom. The Bertz CT molecular complexity index is 825. The minimum absolute atomic E-state index is 0.00527. The Kier molecular flexibility index (Phi) is 9.48. The van der Waals surface area contributed by atoms with E-state index in [1.54, 1.807) is 36.3 Å². The zero-order valence-corrected chi connectivity index (χ0v) is 20.1. The molecule has 2 fully saturated rings. The molecule has 7 heteroatoms. The zero-order valence-electron chi connectivity index (χ0n) is 20.1. The van der Waals surface area contributed by atoms with Gasteiger partial charge in [0, 0.05) is 18.7 Å². The Morgan fingerprint density at radius 3 is 2.52 bits per heavy atom. The normalized spacial score (nSPS) is 23.5. The first-order valence-corrected chi connectivity index (χ1v) is 12.1. The first-order valence-electron chi connectivity index (χ1n) is 12.1. The van der Waals surface area contributed by atoms with Crippen molar-refractivity contribution in [3.63, 3.8) is 0 Å². The van der Waals surface area contributed by atoms with E-state index in [4.69, 9.17) is 9.47 Å². The molecule has 1 saturated heterocycles. The lowest BCUT2D eigenvalue weighted by Crippen LogP contribution is -2.44. The number of hydrogen-bond acceptors (Lipinski definition) is 6. The number of amides is 1. The standard InChI is InChI=1S/C26H37N3O4/c1-4-33-26(31)21(3)16-28(17-22-8-6-5-7-9-22)27-19-29(24-14-15-32-18-24)25(30)23-12-10-20(2)11-13-23/h5-9,16,19-20,23-24H,4,10-15,17-18H2,1-3H3/b21-16+,27-19+/t20?,23?,24-/m0/s1. The molecule has 1 atom stereocenters. The molecule has 33 heavy (non-hydrogen) atoms. The summed E-state index contributed by atoms with van der Waals surface area (Å²) in [5.41, 5.74) is 1.50. The second kappa shape index (κ2) is 12.5. The van der Waals surface area contributed by atoms with Crippen LogP contribution in [0.4, 0.5) is 0 Å². The summed E-state index contributed by atoms with van der Waals surface area (Å²) in [6, 6.07) is 9.90. The molecule has 0 unspecified atom stereocenters. The van der Waals surface area contributed by atoms with Gasteiger partial charge >= 0.3 is 5.97 Å². The van der Waals surface area contributed by atoms with E-state index in [9.17, 15) is 9.59 Å². The van der Waals surface area contributed by atoms with Crippen LogP contribution in [0.25, 0.3) is 0 Å². The Balaban J connectivity index is 1.81. The van der Waals surface area contributed by atoms with Gasteiger partial charge in [0.05, 0.1) is 31.4 Å². The van der Waals surface area contributed by atoms with E-state index in [0.717, 1.165) is 37.7 Å². The van der Waals surface area contributed by atoms with Gasteiger partial charge in [0.1, 0.15) is 6.34 Å². The van der Waals surface area contributed by atoms with Crippen LogP contribution in [0, 0.1) is 11.8 Å². The van der Waals surface area contributed by atoms with Crippen molar-refractivity contribution in [1.82, 2.24) is 9.91 Å². The predicted molar refractivity (Wildman–Crippen MR) is 128 cm³/mol. The van der Waals surface area contributed by atoms with Crippen LogP contribution in [-0.2, 0) is 25.6 Å². The molecule has 1 aromatic rings. The number of carbonyl (C=O) groups is 2. The molecule has 0 aromatic heterocycles. The number of hydrazone groups is 1. The van der Waals surface area contributed by atoms with Crippen LogP contribution in [0.15, 0.2) is 47.2 Å². The Hall–Kier alpha value is -2.67. The lowest BCUT2D eigenvalue weighted by molar-refractivity contribution is -0.138. The summed E-state index contributed by atoms with van der Waals surface area (Å²) in [5.74, 6) is 0.474. The van der Waals surface area contributed by atoms with Crippen LogP contribution < -0.4 is 0 Å². The van der Waals surface area contributed by atoms with E-state index < -0.39 is 0 Å². The van der Waals surface area contributed by atoms with Gasteiger partial charge in [-0.15, -0.1) is 0 Å². The topological polar surface area (TPSA) is 71.4 Å². The number of ether oxygens (including phenoxy) is 2. The number of carbonyl (C=O) groups excluding carboxylic acids is 2. The number of rotatable bonds is 9. The van der Waals surface area contributed by atoms with E-state index in [0.29, 0.717) is 37.9 Å². The highest BCUT2D eigenvalue weighted by Crippen LogP contribution is 2.30. The summed E-state index contributed by atoms with van der Waals surface area (Å²) in [6.45, 7) is 7.71. The van der Waals surface area contributed by atoms with Crippen molar-refractivity contribution >= 4 is 18.2 Å². The molecule has 1 heterocycles. The van der Waals surface area contributed by atoms with Gasteiger partial charge in [-0.05, 0) is 57.4 Å². The third-order valence-electron chi connectivity index (χ3n) is 6.37. The summed E-state index contributed by atoms with van der Waals surface area (Å²) in [5, 5.41) is 6.35. The molecule has 1 amide bonds. The molecule has 0 bridgehead atoms. The maximum Gasteiger partial charge on any atom is 0.335 e. The molecule has 7 nitrogen and oxygen atoms in total. The van der Waals surface area contributed by atoms with E-state index >= 15 is 0 Å². The highest BCUT2D eigenvalue weighted by molar-refractivity contribution is 5.90. The minimum atomic E-state index is -0.376. The average Bonchev–Trinajstić information content (AvgIpc) is 3.35. The number of hydrogen-bond donors (Lipinski definition) is 0. The zero-order chi connectivity index (χ0) is 23.6. The van der Waals surface area contributed by atoms with Gasteiger partial charge in [0.25, 0.3) is 0 Å². The van der Waals surface area contributed by atoms with Crippen LogP contribution in [0.3, 0.4) is 0 Å². The maximum atomic E-state index is 13.4. The largest absolute Gasteiger partial charge is 0.463 e. The van der Waals surface area contributed by atoms with Crippen molar-refractivity contribution in [3.05, 3.63) is 47.7 Å². The van der Waals surface area contributed by atoms with Crippen LogP contribution >= 0.6 is 0 Å². The molecular formula is C26H37N3O4. The van der Waals surface area contributed by atoms with Gasteiger partial charge in [-0.1, -0.05) is 37.3 Å². The summed E-state index contributed by atoms with van der Waals surface area (Å²) in [7, 11) is 0.